The topological polar surface area (TPSA) is 37.6 Å². The van der Waals surface area contributed by atoms with Crippen molar-refractivity contribution < 1.29 is 14.0 Å². The number of nitrogens with one attached hydrogen (secondary N) is 1. The predicted molar refractivity (Wildman–Crippen MR) is 170 cm³/mol. The van der Waals surface area contributed by atoms with Crippen LogP contribution in [0.4, 0.5) is 5.69 Å². The van der Waals surface area contributed by atoms with Crippen molar-refractivity contribution in [1.82, 2.24) is 4.90 Å². The van der Waals surface area contributed by atoms with Gasteiger partial charge in [-0.15, -0.1) is 6.58 Å². The minimum atomic E-state index is 0.484. The van der Waals surface area contributed by atoms with E-state index in [1.165, 1.54) is 68.9 Å². The maximum absolute atomic E-state index is 5.93. The summed E-state index contributed by atoms with van der Waals surface area (Å²) in [4.78, 5) is 2.60. The maximum Gasteiger partial charge on any atom is 0.171 e. The van der Waals surface area contributed by atoms with Gasteiger partial charge in [-0.05, 0) is 75.1 Å². The molecule has 2 saturated heterocycles. The molecule has 0 radical (unpaired) electrons. The van der Waals surface area contributed by atoms with Crippen molar-refractivity contribution in [3.8, 4) is 5.75 Å². The van der Waals surface area contributed by atoms with E-state index in [2.05, 4.69) is 68.0 Å². The van der Waals surface area contributed by atoms with E-state index < -0.39 is 0 Å². The van der Waals surface area contributed by atoms with Gasteiger partial charge in [0.2, 0.25) is 0 Å². The fourth-order valence-corrected chi connectivity index (χ4v) is 5.67. The summed E-state index contributed by atoms with van der Waals surface area (Å²) in [5.74, 6) is 1.60. The number of anilines is 1. The Morgan fingerprint density at radius 3 is 2.52 bits per heavy atom. The summed E-state index contributed by atoms with van der Waals surface area (Å²) in [5.41, 5.74) is 3.83. The van der Waals surface area contributed by atoms with Gasteiger partial charge in [0.15, 0.2) is 19.1 Å². The van der Waals surface area contributed by atoms with Crippen LogP contribution in [-0.2, 0) is 11.8 Å². The van der Waals surface area contributed by atoms with Gasteiger partial charge in [0, 0.05) is 37.4 Å². The van der Waals surface area contributed by atoms with Crippen molar-refractivity contribution in [1.29, 1.82) is 0 Å². The smallest absolute Gasteiger partial charge is 0.171 e. The van der Waals surface area contributed by atoms with E-state index in [9.17, 15) is 0 Å². The summed E-state index contributed by atoms with van der Waals surface area (Å²) < 4.78 is 13.6. The van der Waals surface area contributed by atoms with E-state index in [1.54, 1.807) is 0 Å². The quantitative estimate of drug-likeness (QED) is 0.265. The summed E-state index contributed by atoms with van der Waals surface area (Å²) in [5, 5.41) is 3.25. The highest BCUT2D eigenvalue weighted by Gasteiger charge is 2.33. The lowest BCUT2D eigenvalue weighted by Gasteiger charge is -2.27. The zero-order valence-corrected chi connectivity index (χ0v) is 26.5. The van der Waals surface area contributed by atoms with Crippen LogP contribution in [0.1, 0.15) is 103 Å². The van der Waals surface area contributed by atoms with Crippen LogP contribution in [0.25, 0.3) is 0 Å². The molecule has 3 atom stereocenters. The molecule has 0 aliphatic carbocycles. The second-order valence-corrected chi connectivity index (χ2v) is 11.0. The Morgan fingerprint density at radius 1 is 1.12 bits per heavy atom. The number of benzene rings is 1. The first kappa shape index (κ1) is 33.8. The Bertz CT molecular complexity index is 938. The second kappa shape index (κ2) is 19.7. The molecule has 3 unspecified atom stereocenters. The van der Waals surface area contributed by atoms with Gasteiger partial charge in [0.25, 0.3) is 0 Å². The number of aromatic nitrogens is 1. The first-order valence-corrected chi connectivity index (χ1v) is 15.9. The SMILES string of the molecule is C=CCN1CC(c2ccc3c(c2)OCN3)CC1CCC1CCCCO1.CC.CCCCC.Cc1ccc[n+](C)c1. The van der Waals surface area contributed by atoms with Gasteiger partial charge in [0.05, 0.1) is 11.8 Å². The lowest BCUT2D eigenvalue weighted by Crippen LogP contribution is -2.31. The molecule has 0 spiro atoms. The van der Waals surface area contributed by atoms with Crippen LogP contribution in [0.15, 0.2) is 55.4 Å². The number of nitrogens with zero attached hydrogens (tertiary/aromatic N) is 2. The van der Waals surface area contributed by atoms with Gasteiger partial charge < -0.3 is 14.8 Å². The molecule has 5 nitrogen and oxygen atoms in total. The van der Waals surface area contributed by atoms with Gasteiger partial charge in [0.1, 0.15) is 12.8 Å². The fourth-order valence-electron chi connectivity index (χ4n) is 5.67. The molecule has 3 aliphatic heterocycles. The number of unbranched alkanes of at least 4 members (excludes halogenated alkanes) is 2. The summed E-state index contributed by atoms with van der Waals surface area (Å²) in [7, 11) is 2.02. The van der Waals surface area contributed by atoms with Crippen molar-refractivity contribution in [3.63, 3.8) is 0 Å². The van der Waals surface area contributed by atoms with E-state index in [4.69, 9.17) is 9.47 Å². The van der Waals surface area contributed by atoms with Crippen LogP contribution < -0.4 is 14.6 Å². The molecule has 1 aromatic heterocycles. The molecule has 0 bridgehead atoms. The molecule has 1 N–H and O–H groups in total. The zero-order chi connectivity index (χ0) is 29.2. The van der Waals surface area contributed by atoms with E-state index in [1.807, 2.05) is 43.8 Å². The van der Waals surface area contributed by atoms with Crippen LogP contribution in [-0.4, -0.2) is 43.5 Å². The van der Waals surface area contributed by atoms with Gasteiger partial charge in [-0.1, -0.05) is 59.1 Å². The van der Waals surface area contributed by atoms with Gasteiger partial charge in [-0.25, -0.2) is 4.57 Å². The molecule has 2 aromatic rings. The van der Waals surface area contributed by atoms with Crippen molar-refractivity contribution in [2.24, 2.45) is 7.05 Å². The van der Waals surface area contributed by atoms with Crippen LogP contribution in [0.2, 0.25) is 0 Å². The van der Waals surface area contributed by atoms with Gasteiger partial charge >= 0.3 is 0 Å². The molecular weight excluding hydrogens is 494 g/mol. The Labute approximate surface area is 246 Å². The fraction of sp³-hybridized carbons (Fsp3) is 0.629. The molecule has 5 heteroatoms. The summed E-state index contributed by atoms with van der Waals surface area (Å²) in [6, 6.07) is 11.4. The van der Waals surface area contributed by atoms with Gasteiger partial charge in [-0.3, -0.25) is 4.90 Å². The maximum atomic E-state index is 5.93. The molecule has 4 heterocycles. The van der Waals surface area contributed by atoms with E-state index in [0.717, 1.165) is 31.1 Å². The minimum Gasteiger partial charge on any atom is -0.471 e. The van der Waals surface area contributed by atoms with Crippen molar-refractivity contribution >= 4 is 5.69 Å². The molecule has 224 valence electrons. The number of hydrogen-bond acceptors (Lipinski definition) is 4. The Kier molecular flexibility index (Phi) is 16.6. The third-order valence-corrected chi connectivity index (χ3v) is 7.75. The largest absolute Gasteiger partial charge is 0.471 e. The second-order valence-electron chi connectivity index (χ2n) is 11.0. The normalized spacial score (nSPS) is 21.2. The summed E-state index contributed by atoms with van der Waals surface area (Å²) >= 11 is 0. The average Bonchev–Trinajstić information content (AvgIpc) is 3.61. The number of ether oxygens (including phenoxy) is 2. The van der Waals surface area contributed by atoms with Crippen LogP contribution >= 0.6 is 0 Å². The lowest BCUT2D eigenvalue weighted by molar-refractivity contribution is -0.671. The average molecular weight is 553 g/mol. The zero-order valence-electron chi connectivity index (χ0n) is 26.5. The first-order chi connectivity index (χ1) is 19.5. The molecule has 5 rings (SSSR count). The molecule has 1 aromatic carbocycles. The van der Waals surface area contributed by atoms with Crippen molar-refractivity contribution in [2.75, 3.05) is 31.7 Å². The number of pyridine rings is 1. The number of rotatable bonds is 8. The standard InChI is InChI=1S/C21H30N2O2.C7H10N.C5H12.C2H6/c1-2-10-23-14-17(16-6-9-20-21(13-16)25-15-22-20)12-18(23)7-8-19-5-3-4-11-24-19;1-7-4-3-5-8(2)6-7;1-3-5-4-2;1-2/h2,6,9,13,17-19,22H,1,3-5,7-8,10-12,14-15H2;3-6H,1-2H3;3-5H2,1-2H3;1-2H3/q;+1;;. The molecule has 0 amide bonds. The first-order valence-electron chi connectivity index (χ1n) is 15.9. The summed E-state index contributed by atoms with van der Waals surface area (Å²) in [6.45, 7) is 18.1. The highest BCUT2D eigenvalue weighted by atomic mass is 16.5. The number of fused-ring (bicyclic) bond motifs is 1. The highest BCUT2D eigenvalue weighted by Crippen LogP contribution is 2.38. The van der Waals surface area contributed by atoms with Crippen molar-refractivity contribution in [2.45, 2.75) is 110 Å². The number of aryl methyl sites for hydroxylation is 2. The molecular formula is C35H58N3O2+. The molecule has 2 fully saturated rings. The lowest BCUT2D eigenvalue weighted by atomic mass is 9.93. The predicted octanol–water partition coefficient (Wildman–Crippen LogP) is 8.18. The summed E-state index contributed by atoms with van der Waals surface area (Å²) in [6.07, 6.45) is 18.2. The third-order valence-electron chi connectivity index (χ3n) is 7.75. The van der Waals surface area contributed by atoms with Crippen molar-refractivity contribution in [3.05, 3.63) is 66.5 Å². The third kappa shape index (κ3) is 11.6. The Balaban J connectivity index is 0.000000308. The van der Waals surface area contributed by atoms with Crippen LogP contribution in [0, 0.1) is 6.92 Å². The molecule has 40 heavy (non-hydrogen) atoms. The Hall–Kier alpha value is -2.37. The number of likely N-dealkylation sites (tertiary alicyclic amines) is 1. The van der Waals surface area contributed by atoms with Crippen LogP contribution in [0.5, 0.6) is 5.75 Å². The van der Waals surface area contributed by atoms with E-state index >= 15 is 0 Å². The van der Waals surface area contributed by atoms with E-state index in [-0.39, 0.29) is 0 Å². The van der Waals surface area contributed by atoms with Gasteiger partial charge in [-0.2, -0.15) is 0 Å². The number of hydrogen-bond donors (Lipinski definition) is 1. The monoisotopic (exact) mass is 552 g/mol. The van der Waals surface area contributed by atoms with Crippen LogP contribution in [0.3, 0.4) is 0 Å². The Morgan fingerprint density at radius 2 is 1.93 bits per heavy atom. The molecule has 0 saturated carbocycles. The highest BCUT2D eigenvalue weighted by molar-refractivity contribution is 5.60. The minimum absolute atomic E-state index is 0.484. The molecule has 3 aliphatic rings. The van der Waals surface area contributed by atoms with E-state index in [0.29, 0.717) is 24.8 Å².